The summed E-state index contributed by atoms with van der Waals surface area (Å²) in [7, 11) is -3.46. The molecule has 0 radical (unpaired) electrons. The molecular weight excluding hydrogens is 350 g/mol. The first kappa shape index (κ1) is 18.7. The van der Waals surface area contributed by atoms with Crippen LogP contribution in [0, 0.1) is 0 Å². The summed E-state index contributed by atoms with van der Waals surface area (Å²) < 4.78 is 26.8. The third kappa shape index (κ3) is 4.55. The highest BCUT2D eigenvalue weighted by molar-refractivity contribution is 7.89. The van der Waals surface area contributed by atoms with E-state index in [0.717, 1.165) is 24.8 Å². The maximum Gasteiger partial charge on any atom is 0.243 e. The minimum absolute atomic E-state index is 0.0685. The Hall–Kier alpha value is -2.09. The highest BCUT2D eigenvalue weighted by atomic mass is 32.2. The number of nitrogens with one attached hydrogen (secondary N) is 1. The van der Waals surface area contributed by atoms with Crippen molar-refractivity contribution < 1.29 is 13.2 Å². The van der Waals surface area contributed by atoms with E-state index in [0.29, 0.717) is 25.2 Å². The summed E-state index contributed by atoms with van der Waals surface area (Å²) in [4.78, 5) is 16.5. The monoisotopic (exact) mass is 373 g/mol. The Labute approximate surface area is 154 Å². The van der Waals surface area contributed by atoms with Gasteiger partial charge in [-0.25, -0.2) is 8.42 Å². The highest BCUT2D eigenvalue weighted by Crippen LogP contribution is 2.20. The van der Waals surface area contributed by atoms with Gasteiger partial charge in [-0.15, -0.1) is 0 Å². The van der Waals surface area contributed by atoms with Gasteiger partial charge in [0.2, 0.25) is 10.0 Å². The molecule has 138 valence electrons. The summed E-state index contributed by atoms with van der Waals surface area (Å²) in [6.45, 7) is 1.92. The molecule has 1 N–H and O–H groups in total. The number of aromatic nitrogens is 1. The maximum absolute atomic E-state index is 12.6. The number of carbonyl (C=O) groups excluding carboxylic acids is 1. The molecule has 2 heterocycles. The van der Waals surface area contributed by atoms with Gasteiger partial charge >= 0.3 is 0 Å². The maximum atomic E-state index is 12.6. The van der Waals surface area contributed by atoms with E-state index in [1.165, 1.54) is 16.4 Å². The highest BCUT2D eigenvalue weighted by Gasteiger charge is 2.25. The zero-order chi connectivity index (χ0) is 18.4. The van der Waals surface area contributed by atoms with E-state index >= 15 is 0 Å². The average molecular weight is 373 g/mol. The molecule has 0 amide bonds. The molecule has 0 unspecified atom stereocenters. The second-order valence-electron chi connectivity index (χ2n) is 6.37. The van der Waals surface area contributed by atoms with Crippen molar-refractivity contribution in [1.29, 1.82) is 0 Å². The number of piperidine rings is 1. The number of rotatable bonds is 7. The molecule has 26 heavy (non-hydrogen) atoms. The van der Waals surface area contributed by atoms with Crippen molar-refractivity contribution in [3.63, 3.8) is 0 Å². The lowest BCUT2D eigenvalue weighted by molar-refractivity contribution is 0.0990. The van der Waals surface area contributed by atoms with Crippen molar-refractivity contribution in [2.24, 2.45) is 0 Å². The van der Waals surface area contributed by atoms with Gasteiger partial charge in [-0.1, -0.05) is 18.6 Å². The molecule has 0 aliphatic carbocycles. The van der Waals surface area contributed by atoms with Gasteiger partial charge in [0.15, 0.2) is 5.78 Å². The van der Waals surface area contributed by atoms with Crippen molar-refractivity contribution in [3.05, 3.63) is 59.9 Å². The van der Waals surface area contributed by atoms with Gasteiger partial charge in [-0.05, 0) is 42.7 Å². The summed E-state index contributed by atoms with van der Waals surface area (Å²) in [5.74, 6) is -0.0685. The predicted octanol–water partition coefficient (Wildman–Crippen LogP) is 2.23. The lowest BCUT2D eigenvalue weighted by Gasteiger charge is -2.25. The third-order valence-corrected chi connectivity index (χ3v) is 6.41. The normalized spacial score (nSPS) is 15.7. The Bertz CT molecular complexity index is 830. The zero-order valence-corrected chi connectivity index (χ0v) is 15.4. The Kier molecular flexibility index (Phi) is 6.13. The lowest BCUT2D eigenvalue weighted by atomic mass is 10.1. The molecule has 3 rings (SSSR count). The molecule has 1 saturated heterocycles. The second-order valence-corrected chi connectivity index (χ2v) is 8.31. The van der Waals surface area contributed by atoms with E-state index in [2.05, 4.69) is 10.3 Å². The minimum Gasteiger partial charge on any atom is -0.306 e. The lowest BCUT2D eigenvalue weighted by Crippen LogP contribution is -2.35. The smallest absolute Gasteiger partial charge is 0.243 e. The Morgan fingerprint density at radius 1 is 1.00 bits per heavy atom. The fourth-order valence-electron chi connectivity index (χ4n) is 2.99. The van der Waals surface area contributed by atoms with Crippen LogP contribution >= 0.6 is 0 Å². The van der Waals surface area contributed by atoms with Crippen LogP contribution in [0.1, 0.15) is 35.2 Å². The van der Waals surface area contributed by atoms with Crippen molar-refractivity contribution in [3.8, 4) is 0 Å². The number of sulfonamides is 1. The van der Waals surface area contributed by atoms with Crippen molar-refractivity contribution in [2.75, 3.05) is 19.6 Å². The van der Waals surface area contributed by atoms with Gasteiger partial charge in [0, 0.05) is 37.6 Å². The van der Waals surface area contributed by atoms with Crippen molar-refractivity contribution >= 4 is 15.8 Å². The number of nitrogens with zero attached hydrogens (tertiary/aromatic N) is 2. The standard InChI is InChI=1S/C19H23N3O3S/c23-19(15-21-14-16-8-10-20-11-9-16)17-4-6-18(7-5-17)26(24,25)22-12-2-1-3-13-22/h4-11,21H,1-3,12-15H2. The van der Waals surface area contributed by atoms with E-state index in [-0.39, 0.29) is 17.2 Å². The van der Waals surface area contributed by atoms with E-state index < -0.39 is 10.0 Å². The van der Waals surface area contributed by atoms with Gasteiger partial charge in [-0.3, -0.25) is 9.78 Å². The number of pyridine rings is 1. The Balaban J connectivity index is 1.59. The summed E-state index contributed by atoms with van der Waals surface area (Å²) >= 11 is 0. The molecule has 0 atom stereocenters. The van der Waals surface area contributed by atoms with Crippen LogP contribution in [0.25, 0.3) is 0 Å². The van der Waals surface area contributed by atoms with Gasteiger partial charge in [0.1, 0.15) is 0 Å². The fraction of sp³-hybridized carbons (Fsp3) is 0.368. The number of hydrogen-bond donors (Lipinski definition) is 1. The predicted molar refractivity (Wildman–Crippen MR) is 99.3 cm³/mol. The quantitative estimate of drug-likeness (QED) is 0.753. The molecule has 2 aromatic rings. The molecular formula is C19H23N3O3S. The Morgan fingerprint density at radius 2 is 1.65 bits per heavy atom. The minimum atomic E-state index is -3.46. The fourth-order valence-corrected chi connectivity index (χ4v) is 4.51. The number of Topliss-reactive ketones (excluding diaryl/α,β-unsaturated/α-hetero) is 1. The molecule has 0 bridgehead atoms. The largest absolute Gasteiger partial charge is 0.306 e. The molecule has 1 aromatic carbocycles. The molecule has 1 fully saturated rings. The number of carbonyl (C=O) groups is 1. The molecule has 6 nitrogen and oxygen atoms in total. The van der Waals surface area contributed by atoms with E-state index in [1.807, 2.05) is 12.1 Å². The zero-order valence-electron chi connectivity index (χ0n) is 14.6. The summed E-state index contributed by atoms with van der Waals surface area (Å²) in [5.41, 5.74) is 1.56. The molecule has 1 aliphatic heterocycles. The van der Waals surface area contributed by atoms with Crippen LogP contribution in [0.2, 0.25) is 0 Å². The van der Waals surface area contributed by atoms with Crippen LogP contribution in [0.15, 0.2) is 53.7 Å². The summed E-state index contributed by atoms with van der Waals surface area (Å²) in [6, 6.07) is 10.0. The average Bonchev–Trinajstić information content (AvgIpc) is 2.69. The first-order chi connectivity index (χ1) is 12.6. The SMILES string of the molecule is O=C(CNCc1ccncc1)c1ccc(S(=O)(=O)N2CCCCC2)cc1. The Morgan fingerprint density at radius 3 is 2.31 bits per heavy atom. The molecule has 0 saturated carbocycles. The van der Waals surface area contributed by atoms with Crippen LogP contribution in [-0.2, 0) is 16.6 Å². The van der Waals surface area contributed by atoms with Crippen LogP contribution in [0.5, 0.6) is 0 Å². The molecule has 0 spiro atoms. The van der Waals surface area contributed by atoms with Gasteiger partial charge in [-0.2, -0.15) is 4.31 Å². The second kappa shape index (κ2) is 8.53. The van der Waals surface area contributed by atoms with Gasteiger partial charge in [0.05, 0.1) is 11.4 Å². The van der Waals surface area contributed by atoms with Crippen molar-refractivity contribution in [1.82, 2.24) is 14.6 Å². The van der Waals surface area contributed by atoms with Crippen LogP contribution in [-0.4, -0.2) is 43.1 Å². The first-order valence-corrected chi connectivity index (χ1v) is 10.2. The molecule has 7 heteroatoms. The number of ketones is 1. The van der Waals surface area contributed by atoms with E-state index in [1.54, 1.807) is 24.5 Å². The summed E-state index contributed by atoms with van der Waals surface area (Å²) in [5, 5.41) is 3.09. The van der Waals surface area contributed by atoms with E-state index in [4.69, 9.17) is 0 Å². The summed E-state index contributed by atoms with van der Waals surface area (Å²) in [6.07, 6.45) is 6.30. The topological polar surface area (TPSA) is 79.4 Å². The van der Waals surface area contributed by atoms with Crippen LogP contribution < -0.4 is 5.32 Å². The van der Waals surface area contributed by atoms with Gasteiger partial charge < -0.3 is 5.32 Å². The molecule has 1 aliphatic rings. The third-order valence-electron chi connectivity index (χ3n) is 4.49. The number of benzene rings is 1. The van der Waals surface area contributed by atoms with E-state index in [9.17, 15) is 13.2 Å². The van der Waals surface area contributed by atoms with Crippen LogP contribution in [0.4, 0.5) is 0 Å². The van der Waals surface area contributed by atoms with Crippen LogP contribution in [0.3, 0.4) is 0 Å². The van der Waals surface area contributed by atoms with Gasteiger partial charge in [0.25, 0.3) is 0 Å². The van der Waals surface area contributed by atoms with Crippen molar-refractivity contribution in [2.45, 2.75) is 30.7 Å². The first-order valence-electron chi connectivity index (χ1n) is 8.80. The number of hydrogen-bond acceptors (Lipinski definition) is 5. The molecule has 1 aromatic heterocycles.